The molecule has 0 aromatic carbocycles. The zero-order valence-electron chi connectivity index (χ0n) is 14.9. The summed E-state index contributed by atoms with van der Waals surface area (Å²) < 4.78 is 6.38. The van der Waals surface area contributed by atoms with E-state index >= 15 is 0 Å². The third-order valence-corrected chi connectivity index (χ3v) is 9.68. The fourth-order valence-electron chi connectivity index (χ4n) is 8.96. The van der Waals surface area contributed by atoms with Gasteiger partial charge in [-0.2, -0.15) is 0 Å². The maximum absolute atomic E-state index is 13.4. The van der Waals surface area contributed by atoms with Crippen molar-refractivity contribution >= 4 is 5.97 Å². The van der Waals surface area contributed by atoms with E-state index in [1.807, 2.05) is 0 Å². The molecule has 0 amide bonds. The second-order valence-corrected chi connectivity index (χ2v) is 10.4. The Bertz CT molecular complexity index is 556. The van der Waals surface area contributed by atoms with Gasteiger partial charge in [0.2, 0.25) is 0 Å². The summed E-state index contributed by atoms with van der Waals surface area (Å²) in [5.41, 5.74) is -0.0546. The summed E-state index contributed by atoms with van der Waals surface area (Å²) in [4.78, 5) is 13.4. The van der Waals surface area contributed by atoms with Crippen LogP contribution in [-0.2, 0) is 9.53 Å². The highest BCUT2D eigenvalue weighted by atomic mass is 16.5. The summed E-state index contributed by atoms with van der Waals surface area (Å²) in [7, 11) is 0. The Morgan fingerprint density at radius 1 is 0.833 bits per heavy atom. The largest absolute Gasteiger partial charge is 0.462 e. The van der Waals surface area contributed by atoms with Crippen LogP contribution < -0.4 is 0 Å². The topological polar surface area (TPSA) is 26.3 Å². The first-order valence-electron chi connectivity index (χ1n) is 11.0. The van der Waals surface area contributed by atoms with Gasteiger partial charge in [0.1, 0.15) is 6.10 Å². The predicted molar refractivity (Wildman–Crippen MR) is 92.1 cm³/mol. The lowest BCUT2D eigenvalue weighted by Gasteiger charge is -2.57. The van der Waals surface area contributed by atoms with Gasteiger partial charge in [0.25, 0.3) is 0 Å². The molecule has 7 saturated carbocycles. The van der Waals surface area contributed by atoms with E-state index in [1.165, 1.54) is 70.6 Å². The minimum Gasteiger partial charge on any atom is -0.462 e. The van der Waals surface area contributed by atoms with Crippen LogP contribution in [0.25, 0.3) is 0 Å². The molecule has 7 fully saturated rings. The third-order valence-electron chi connectivity index (χ3n) is 9.68. The highest BCUT2D eigenvalue weighted by Gasteiger charge is 2.60. The van der Waals surface area contributed by atoms with Crippen LogP contribution in [0.1, 0.15) is 77.0 Å². The zero-order chi connectivity index (χ0) is 15.9. The van der Waals surface area contributed by atoms with E-state index in [2.05, 4.69) is 0 Å². The monoisotopic (exact) mass is 328 g/mol. The van der Waals surface area contributed by atoms with Crippen LogP contribution in [0.4, 0.5) is 0 Å². The van der Waals surface area contributed by atoms with Gasteiger partial charge in [-0.3, -0.25) is 4.79 Å². The van der Waals surface area contributed by atoms with E-state index in [-0.39, 0.29) is 17.5 Å². The van der Waals surface area contributed by atoms with Crippen LogP contribution >= 0.6 is 0 Å². The molecule has 2 nitrogen and oxygen atoms in total. The second kappa shape index (κ2) is 5.01. The Morgan fingerprint density at radius 2 is 1.75 bits per heavy atom. The molecule has 9 unspecified atom stereocenters. The molecule has 24 heavy (non-hydrogen) atoms. The van der Waals surface area contributed by atoms with Crippen LogP contribution in [0.15, 0.2) is 0 Å². The van der Waals surface area contributed by atoms with Gasteiger partial charge < -0.3 is 4.74 Å². The molecule has 9 atom stereocenters. The predicted octanol–water partition coefficient (Wildman–Crippen LogP) is 4.96. The van der Waals surface area contributed by atoms with E-state index in [4.69, 9.17) is 4.74 Å². The summed E-state index contributed by atoms with van der Waals surface area (Å²) in [5, 5.41) is 0. The molecule has 0 radical (unpaired) electrons. The average Bonchev–Trinajstić information content (AvgIpc) is 3.28. The number of ether oxygens (including phenoxy) is 1. The van der Waals surface area contributed by atoms with Crippen molar-refractivity contribution in [3.63, 3.8) is 0 Å². The van der Waals surface area contributed by atoms with Gasteiger partial charge in [-0.05, 0) is 92.8 Å². The number of esters is 1. The molecule has 0 aromatic heterocycles. The maximum atomic E-state index is 13.4. The zero-order valence-corrected chi connectivity index (χ0v) is 14.9. The van der Waals surface area contributed by atoms with Gasteiger partial charge >= 0.3 is 5.97 Å². The molecule has 0 aromatic rings. The Morgan fingerprint density at radius 3 is 2.67 bits per heavy atom. The molecule has 7 aliphatic rings. The van der Waals surface area contributed by atoms with E-state index < -0.39 is 0 Å². The minimum atomic E-state index is -0.0546. The van der Waals surface area contributed by atoms with Crippen molar-refractivity contribution in [1.82, 2.24) is 0 Å². The summed E-state index contributed by atoms with van der Waals surface area (Å²) in [5.74, 6) is 6.11. The summed E-state index contributed by atoms with van der Waals surface area (Å²) >= 11 is 0. The molecule has 2 heteroatoms. The highest BCUT2D eigenvalue weighted by molar-refractivity contribution is 5.78. The quantitative estimate of drug-likeness (QED) is 0.670. The molecule has 7 aliphatic carbocycles. The standard InChI is InChI=1S/C22H32O2/c23-21(22-8-2-3-14-9-13(12-22)6-7-19(14)22)24-20-11-15-10-18(20)17-5-1-4-16(15)17/h13-20H,1-12H2. The number of hydrogen-bond donors (Lipinski definition) is 0. The summed E-state index contributed by atoms with van der Waals surface area (Å²) in [6.07, 6.45) is 16.2. The molecular weight excluding hydrogens is 296 g/mol. The molecular formula is C22H32O2. The number of hydrogen-bond acceptors (Lipinski definition) is 2. The first-order chi connectivity index (χ1) is 11.7. The van der Waals surface area contributed by atoms with Crippen LogP contribution in [0, 0.1) is 46.8 Å². The minimum absolute atomic E-state index is 0.0546. The summed E-state index contributed by atoms with van der Waals surface area (Å²) in [6.45, 7) is 0. The molecule has 7 rings (SSSR count). The van der Waals surface area contributed by atoms with Crippen molar-refractivity contribution in [3.05, 3.63) is 0 Å². The van der Waals surface area contributed by atoms with Crippen LogP contribution in [0.5, 0.6) is 0 Å². The van der Waals surface area contributed by atoms with Crippen molar-refractivity contribution in [1.29, 1.82) is 0 Å². The molecule has 0 heterocycles. The van der Waals surface area contributed by atoms with Crippen LogP contribution in [0.2, 0.25) is 0 Å². The Hall–Kier alpha value is -0.530. The lowest BCUT2D eigenvalue weighted by atomic mass is 9.47. The van der Waals surface area contributed by atoms with Gasteiger partial charge in [0.05, 0.1) is 5.41 Å². The van der Waals surface area contributed by atoms with Gasteiger partial charge in [0, 0.05) is 0 Å². The van der Waals surface area contributed by atoms with Crippen molar-refractivity contribution in [2.45, 2.75) is 83.2 Å². The Labute approximate surface area is 146 Å². The average molecular weight is 328 g/mol. The smallest absolute Gasteiger partial charge is 0.312 e. The lowest BCUT2D eigenvalue weighted by molar-refractivity contribution is -0.187. The van der Waals surface area contributed by atoms with Crippen LogP contribution in [-0.4, -0.2) is 12.1 Å². The Kier molecular flexibility index (Phi) is 3.05. The molecule has 0 aliphatic heterocycles. The SMILES string of the molecule is O=C(OC1CC2CC1C1CCCC21)C12CCCC3CC(CCC31)C2. The highest BCUT2D eigenvalue weighted by Crippen LogP contribution is 2.63. The molecule has 132 valence electrons. The van der Waals surface area contributed by atoms with Crippen molar-refractivity contribution in [3.8, 4) is 0 Å². The molecule has 6 bridgehead atoms. The number of carbonyl (C=O) groups is 1. The van der Waals surface area contributed by atoms with Crippen molar-refractivity contribution < 1.29 is 9.53 Å². The molecule has 0 N–H and O–H groups in total. The molecule has 0 saturated heterocycles. The first-order valence-corrected chi connectivity index (χ1v) is 11.0. The van der Waals surface area contributed by atoms with E-state index in [0.29, 0.717) is 5.92 Å². The number of fused-ring (bicyclic) bond motifs is 6. The van der Waals surface area contributed by atoms with Crippen molar-refractivity contribution in [2.24, 2.45) is 46.8 Å². The fraction of sp³-hybridized carbons (Fsp3) is 0.955. The lowest BCUT2D eigenvalue weighted by Crippen LogP contribution is -2.54. The van der Waals surface area contributed by atoms with Crippen LogP contribution in [0.3, 0.4) is 0 Å². The van der Waals surface area contributed by atoms with Gasteiger partial charge in [0.15, 0.2) is 0 Å². The normalized spacial score (nSPS) is 57.2. The van der Waals surface area contributed by atoms with E-state index in [0.717, 1.165) is 41.9 Å². The van der Waals surface area contributed by atoms with Gasteiger partial charge in [-0.15, -0.1) is 0 Å². The Balaban J connectivity index is 1.22. The third kappa shape index (κ3) is 1.81. The van der Waals surface area contributed by atoms with Gasteiger partial charge in [-0.1, -0.05) is 25.7 Å². The van der Waals surface area contributed by atoms with E-state index in [9.17, 15) is 4.79 Å². The number of carbonyl (C=O) groups excluding carboxylic acids is 1. The fourth-order valence-corrected chi connectivity index (χ4v) is 8.96. The maximum Gasteiger partial charge on any atom is 0.312 e. The number of rotatable bonds is 2. The van der Waals surface area contributed by atoms with Crippen molar-refractivity contribution in [2.75, 3.05) is 0 Å². The first kappa shape index (κ1) is 14.6. The summed E-state index contributed by atoms with van der Waals surface area (Å²) in [6, 6.07) is 0. The molecule has 0 spiro atoms. The second-order valence-electron chi connectivity index (χ2n) is 10.4. The van der Waals surface area contributed by atoms with Gasteiger partial charge in [-0.25, -0.2) is 0 Å². The van der Waals surface area contributed by atoms with E-state index in [1.54, 1.807) is 0 Å².